The Kier molecular flexibility index (Phi) is 13.0. The summed E-state index contributed by atoms with van der Waals surface area (Å²) in [6.45, 7) is 0. The zero-order chi connectivity index (χ0) is 57.6. The predicted molar refractivity (Wildman–Crippen MR) is 326 cm³/mol. The van der Waals surface area contributed by atoms with E-state index < -0.39 is 23.9 Å². The molecular formula is C68H44N8O8. The van der Waals surface area contributed by atoms with Gasteiger partial charge < -0.3 is 40.4 Å². The van der Waals surface area contributed by atoms with Crippen LogP contribution in [0.5, 0.6) is 0 Å². The van der Waals surface area contributed by atoms with Crippen molar-refractivity contribution in [3.63, 3.8) is 0 Å². The van der Waals surface area contributed by atoms with E-state index in [1.54, 1.807) is 48.5 Å². The van der Waals surface area contributed by atoms with Crippen molar-refractivity contribution in [2.45, 2.75) is 0 Å². The molecule has 0 saturated carbocycles. The van der Waals surface area contributed by atoms with Crippen LogP contribution in [0.4, 0.5) is 0 Å². The largest absolute Gasteiger partial charge is 0.478 e. The van der Waals surface area contributed by atoms with Gasteiger partial charge in [0, 0.05) is 60.9 Å². The molecule has 4 aromatic carbocycles. The van der Waals surface area contributed by atoms with Gasteiger partial charge in [0.15, 0.2) is 0 Å². The van der Waals surface area contributed by atoms with E-state index in [0.29, 0.717) is 78.3 Å². The molecule has 4 aliphatic heterocycles. The van der Waals surface area contributed by atoms with E-state index in [2.05, 4.69) is 54.2 Å². The van der Waals surface area contributed by atoms with Crippen LogP contribution in [0.1, 0.15) is 92.5 Å². The molecule has 10 aromatic rings. The zero-order valence-corrected chi connectivity index (χ0v) is 44.0. The van der Waals surface area contributed by atoms with E-state index in [1.807, 2.05) is 97.1 Å². The molecule has 0 aliphatic carbocycles. The van der Waals surface area contributed by atoms with Gasteiger partial charge in [-0.25, -0.2) is 39.1 Å². The number of carboxylic acids is 4. The van der Waals surface area contributed by atoms with E-state index in [-0.39, 0.29) is 22.3 Å². The molecule has 16 heteroatoms. The van der Waals surface area contributed by atoms with Crippen LogP contribution in [-0.4, -0.2) is 84.2 Å². The molecule has 4 aliphatic rings. The monoisotopic (exact) mass is 1100 g/mol. The van der Waals surface area contributed by atoms with Crippen LogP contribution in [0.25, 0.3) is 126 Å². The minimum absolute atomic E-state index is 0.0585. The lowest BCUT2D eigenvalue weighted by atomic mass is 9.90. The Balaban J connectivity index is 0.000000226. The lowest BCUT2D eigenvalue weighted by Gasteiger charge is -2.13. The van der Waals surface area contributed by atoms with E-state index in [9.17, 15) is 39.6 Å². The zero-order valence-electron chi connectivity index (χ0n) is 44.0. The van der Waals surface area contributed by atoms with Gasteiger partial charge in [0.05, 0.1) is 73.3 Å². The van der Waals surface area contributed by atoms with Gasteiger partial charge in [-0.05, 0) is 192 Å². The Bertz CT molecular complexity index is 4710. The van der Waals surface area contributed by atoms with E-state index in [1.165, 1.54) is 48.5 Å². The van der Waals surface area contributed by atoms with Crippen molar-refractivity contribution in [3.8, 4) is 33.4 Å². The minimum atomic E-state index is -1.11. The number of carbonyl (C=O) groups is 4. The number of nitrogens with one attached hydrogen (secondary N) is 4. The van der Waals surface area contributed by atoms with Gasteiger partial charge in [-0.3, -0.25) is 0 Å². The van der Waals surface area contributed by atoms with Crippen molar-refractivity contribution in [1.82, 2.24) is 39.9 Å². The number of H-pyrrole nitrogens is 4. The molecule has 16 bridgehead atoms. The minimum Gasteiger partial charge on any atom is -0.478 e. The van der Waals surface area contributed by atoms with E-state index in [4.69, 9.17) is 9.97 Å². The second kappa shape index (κ2) is 21.2. The number of fused-ring (bicyclic) bond motifs is 16. The Labute approximate surface area is 476 Å². The van der Waals surface area contributed by atoms with Crippen molar-refractivity contribution in [3.05, 3.63) is 249 Å². The van der Waals surface area contributed by atoms with Crippen LogP contribution >= 0.6 is 0 Å². The number of hydrogen-bond donors (Lipinski definition) is 8. The third-order valence-electron chi connectivity index (χ3n) is 14.4. The third kappa shape index (κ3) is 10.5. The normalized spacial score (nSPS) is 12.1. The van der Waals surface area contributed by atoms with Crippen molar-refractivity contribution in [1.29, 1.82) is 0 Å². The van der Waals surface area contributed by atoms with Crippen LogP contribution in [0.3, 0.4) is 0 Å². The molecule has 0 amide bonds. The van der Waals surface area contributed by atoms with Crippen molar-refractivity contribution in [2.24, 2.45) is 0 Å². The summed E-state index contributed by atoms with van der Waals surface area (Å²) in [6, 6.07) is 51.5. The number of aromatic amines is 4. The van der Waals surface area contributed by atoms with Gasteiger partial charge >= 0.3 is 23.9 Å². The highest BCUT2D eigenvalue weighted by atomic mass is 16.4. The smallest absolute Gasteiger partial charge is 0.335 e. The number of aromatic nitrogens is 8. The van der Waals surface area contributed by atoms with Crippen LogP contribution in [0, 0.1) is 0 Å². The molecule has 14 rings (SSSR count). The fourth-order valence-corrected chi connectivity index (χ4v) is 10.4. The molecule has 84 heavy (non-hydrogen) atoms. The summed E-state index contributed by atoms with van der Waals surface area (Å²) in [5.74, 6) is -4.39. The van der Waals surface area contributed by atoms with Gasteiger partial charge in [0.25, 0.3) is 0 Å². The second-order valence-electron chi connectivity index (χ2n) is 20.0. The molecule has 6 aromatic heterocycles. The molecular weight excluding hydrogens is 1060 g/mol. The van der Waals surface area contributed by atoms with Crippen LogP contribution < -0.4 is 0 Å². The third-order valence-corrected chi connectivity index (χ3v) is 14.4. The fourth-order valence-electron chi connectivity index (χ4n) is 10.4. The van der Waals surface area contributed by atoms with E-state index >= 15 is 0 Å². The van der Waals surface area contributed by atoms with Gasteiger partial charge in [-0.1, -0.05) is 48.5 Å². The molecule has 0 spiro atoms. The molecule has 0 fully saturated rings. The average Bonchev–Trinajstić information content (AvgIpc) is 3.89. The number of carboxylic acid groups (broad SMARTS) is 4. The second-order valence-corrected chi connectivity index (χ2v) is 20.0. The summed E-state index contributed by atoms with van der Waals surface area (Å²) < 4.78 is 0. The maximum atomic E-state index is 12.1. The molecule has 10 heterocycles. The molecule has 0 unspecified atom stereocenters. The number of benzene rings is 4. The van der Waals surface area contributed by atoms with Crippen LogP contribution in [0.2, 0.25) is 0 Å². The SMILES string of the molecule is C1=Cc2cc3ccc(cc4nc(cc5ccc(cc1n2)[nH]5)C=C4)[nH]3.O=C(O)c1ccc(C2=Cc3cc4ccc(cc5nc(cc6[nH]c(c(-c7ccc(C(=O)O)cc7)c2n3)c(-c2ccc(C(=O)O)cc2)c6-c2ccc(C(=O)O)cc2)C=C5)[nH]4)cc1. The first kappa shape index (κ1) is 51.4. The fraction of sp³-hybridized carbons (Fsp3) is 0. The van der Waals surface area contributed by atoms with Gasteiger partial charge in [-0.2, -0.15) is 0 Å². The Morgan fingerprint density at radius 3 is 0.940 bits per heavy atom. The van der Waals surface area contributed by atoms with Gasteiger partial charge in [0.1, 0.15) is 0 Å². The Morgan fingerprint density at radius 2 is 0.595 bits per heavy atom. The number of rotatable bonds is 8. The number of hydrogen-bond acceptors (Lipinski definition) is 8. The Hall–Kier alpha value is -12.0. The highest BCUT2D eigenvalue weighted by Crippen LogP contribution is 2.46. The summed E-state index contributed by atoms with van der Waals surface area (Å²) in [4.78, 5) is 81.2. The van der Waals surface area contributed by atoms with Crippen molar-refractivity contribution in [2.75, 3.05) is 0 Å². The average molecular weight is 1100 g/mol. The summed E-state index contributed by atoms with van der Waals surface area (Å²) in [7, 11) is 0. The summed E-state index contributed by atoms with van der Waals surface area (Å²) in [5, 5.41) is 39.2. The topological polar surface area (TPSA) is 264 Å². The molecule has 0 saturated heterocycles. The van der Waals surface area contributed by atoms with Crippen molar-refractivity contribution >= 4 is 116 Å². The van der Waals surface area contributed by atoms with Crippen molar-refractivity contribution < 1.29 is 39.6 Å². The lowest BCUT2D eigenvalue weighted by Crippen LogP contribution is -1.98. The summed E-state index contributed by atoms with van der Waals surface area (Å²) in [5.41, 5.74) is 18.0. The summed E-state index contributed by atoms with van der Waals surface area (Å²) in [6.07, 6.45) is 13.7. The molecule has 8 N–H and O–H groups in total. The first-order chi connectivity index (χ1) is 40.8. The number of nitrogens with zero attached hydrogens (tertiary/aromatic N) is 4. The predicted octanol–water partition coefficient (Wildman–Crippen LogP) is 14.5. The van der Waals surface area contributed by atoms with Crippen LogP contribution in [0.15, 0.2) is 176 Å². The maximum Gasteiger partial charge on any atom is 0.335 e. The van der Waals surface area contributed by atoms with Crippen LogP contribution in [-0.2, 0) is 0 Å². The lowest BCUT2D eigenvalue weighted by molar-refractivity contribution is 0.0686. The molecule has 0 radical (unpaired) electrons. The standard InChI is InChI=1S/C48H30N4O8.C20H14N4/c53-45(54)29-9-1-25(2-10-29)38-23-37-22-35-18-17-33(49-35)21-34-19-20-36(50-34)24-39-40(26-3-11-30(12-4-26)46(55)56)41(27-5-13-31(14-6-27)47(57)58)44(52-39)42(43(38)51-37)28-7-15-32(16-8-28)48(59)60;1-2-14-10-16-5-6-18(23-16)12-20-8-7-19(24-20)11-17-4-3-15(22-17)9-13(1)21-14/h1-24,49,52H,(H,53,54)(H,55,56)(H,57,58)(H,59,60);1-12,21,24H. The first-order valence-electron chi connectivity index (χ1n) is 26.4. The molecule has 0 atom stereocenters. The number of aromatic carboxylic acids is 4. The van der Waals surface area contributed by atoms with E-state index in [0.717, 1.165) is 55.9 Å². The van der Waals surface area contributed by atoms with Gasteiger partial charge in [0.2, 0.25) is 0 Å². The maximum absolute atomic E-state index is 12.1. The quantitative estimate of drug-likeness (QED) is 0.0706. The first-order valence-corrected chi connectivity index (χ1v) is 26.4. The Morgan fingerprint density at radius 1 is 0.298 bits per heavy atom. The van der Waals surface area contributed by atoms with Gasteiger partial charge in [-0.15, -0.1) is 0 Å². The summed E-state index contributed by atoms with van der Waals surface area (Å²) >= 11 is 0. The highest BCUT2D eigenvalue weighted by molar-refractivity contribution is 6.11. The molecule has 404 valence electrons. The highest BCUT2D eigenvalue weighted by Gasteiger charge is 2.26. The molecule has 16 nitrogen and oxygen atoms in total.